The van der Waals surface area contributed by atoms with Crippen molar-refractivity contribution in [1.29, 1.82) is 0 Å². The second-order valence-corrected chi connectivity index (χ2v) is 3.79. The number of benzene rings is 1. The fourth-order valence-electron chi connectivity index (χ4n) is 1.60. The molecule has 0 spiro atoms. The maximum atomic E-state index is 11.8. The summed E-state index contributed by atoms with van der Waals surface area (Å²) in [5.74, 6) is -0.163. The van der Waals surface area contributed by atoms with Gasteiger partial charge in [0.2, 0.25) is 0 Å². The van der Waals surface area contributed by atoms with E-state index in [-0.39, 0.29) is 30.1 Å². The van der Waals surface area contributed by atoms with Crippen LogP contribution in [-0.2, 0) is 4.74 Å². The highest BCUT2D eigenvalue weighted by Crippen LogP contribution is 2.14. The van der Waals surface area contributed by atoms with Crippen LogP contribution in [0, 0.1) is 5.92 Å². The van der Waals surface area contributed by atoms with E-state index in [1.54, 1.807) is 24.3 Å². The quantitative estimate of drug-likeness (QED) is 0.653. The van der Waals surface area contributed by atoms with E-state index < -0.39 is 0 Å². The number of nitrogens with one attached hydrogen (secondary N) is 1. The number of halogens is 1. The lowest BCUT2D eigenvalue weighted by Crippen LogP contribution is -2.46. The van der Waals surface area contributed by atoms with E-state index in [1.807, 2.05) is 0 Å². The molecule has 0 radical (unpaired) electrons. The normalized spacial score (nSPS) is 14.4. The van der Waals surface area contributed by atoms with Gasteiger partial charge < -0.3 is 10.1 Å². The van der Waals surface area contributed by atoms with Crippen LogP contribution in [0.5, 0.6) is 0 Å². The van der Waals surface area contributed by atoms with Crippen molar-refractivity contribution in [3.63, 3.8) is 0 Å². The molecule has 1 aromatic carbocycles. The van der Waals surface area contributed by atoms with Crippen LogP contribution in [0.3, 0.4) is 0 Å². The third-order valence-electron chi connectivity index (χ3n) is 2.74. The monoisotopic (exact) mass is 255 g/mol. The number of ketones is 1. The fourth-order valence-corrected chi connectivity index (χ4v) is 1.60. The van der Waals surface area contributed by atoms with E-state index in [1.165, 1.54) is 7.11 Å². The molecule has 0 unspecified atom stereocenters. The standard InChI is InChI=1S/C12H13NO3.ClH/c1-16-12(15)9-4-2-8(3-5-9)11(14)10-6-13-7-10;/h2-5,10,13H,6-7H2,1H3;1H. The maximum Gasteiger partial charge on any atom is 0.337 e. The Hall–Kier alpha value is -1.39. The van der Waals surface area contributed by atoms with Gasteiger partial charge in [-0.25, -0.2) is 4.79 Å². The Balaban J connectivity index is 0.00000144. The van der Waals surface area contributed by atoms with Crippen molar-refractivity contribution in [3.8, 4) is 0 Å². The van der Waals surface area contributed by atoms with Gasteiger partial charge in [-0.1, -0.05) is 12.1 Å². The van der Waals surface area contributed by atoms with Gasteiger partial charge in [-0.05, 0) is 12.1 Å². The molecule has 0 atom stereocenters. The molecule has 4 nitrogen and oxygen atoms in total. The van der Waals surface area contributed by atoms with Crippen LogP contribution in [0.1, 0.15) is 20.7 Å². The van der Waals surface area contributed by atoms with Crippen molar-refractivity contribution in [2.45, 2.75) is 0 Å². The largest absolute Gasteiger partial charge is 0.465 e. The summed E-state index contributed by atoms with van der Waals surface area (Å²) in [6.07, 6.45) is 0. The maximum absolute atomic E-state index is 11.8. The second-order valence-electron chi connectivity index (χ2n) is 3.79. The number of methoxy groups -OCH3 is 1. The van der Waals surface area contributed by atoms with Gasteiger partial charge in [0, 0.05) is 24.6 Å². The first-order valence-corrected chi connectivity index (χ1v) is 5.15. The lowest BCUT2D eigenvalue weighted by molar-refractivity contribution is 0.0600. The van der Waals surface area contributed by atoms with Crippen LogP contribution in [-0.4, -0.2) is 32.0 Å². The first-order chi connectivity index (χ1) is 7.72. The van der Waals surface area contributed by atoms with E-state index >= 15 is 0 Å². The summed E-state index contributed by atoms with van der Waals surface area (Å²) in [7, 11) is 1.33. The van der Waals surface area contributed by atoms with Gasteiger partial charge in [-0.3, -0.25) is 4.79 Å². The molecule has 1 aromatic rings. The van der Waals surface area contributed by atoms with Crippen LogP contribution >= 0.6 is 12.4 Å². The second kappa shape index (κ2) is 5.80. The minimum absolute atomic E-state index is 0. The summed E-state index contributed by atoms with van der Waals surface area (Å²) in [4.78, 5) is 23.0. The van der Waals surface area contributed by atoms with Gasteiger partial charge in [-0.2, -0.15) is 0 Å². The third kappa shape index (κ3) is 2.84. The summed E-state index contributed by atoms with van der Waals surface area (Å²) >= 11 is 0. The predicted molar refractivity (Wildman–Crippen MR) is 65.7 cm³/mol. The topological polar surface area (TPSA) is 55.4 Å². The molecule has 17 heavy (non-hydrogen) atoms. The Bertz CT molecular complexity index is 412. The summed E-state index contributed by atoms with van der Waals surface area (Å²) in [5, 5.41) is 3.06. The van der Waals surface area contributed by atoms with Crippen LogP contribution < -0.4 is 5.32 Å². The highest BCUT2D eigenvalue weighted by atomic mass is 35.5. The molecule has 0 saturated carbocycles. The molecule has 1 saturated heterocycles. The molecule has 1 N–H and O–H groups in total. The average molecular weight is 256 g/mol. The van der Waals surface area contributed by atoms with Crippen LogP contribution in [0.2, 0.25) is 0 Å². The zero-order valence-corrected chi connectivity index (χ0v) is 10.3. The van der Waals surface area contributed by atoms with Crippen LogP contribution in [0.25, 0.3) is 0 Å². The molecular weight excluding hydrogens is 242 g/mol. The molecule has 0 aromatic heterocycles. The molecule has 1 aliphatic rings. The highest BCUT2D eigenvalue weighted by molar-refractivity contribution is 5.99. The molecule has 92 valence electrons. The molecule has 1 fully saturated rings. The third-order valence-corrected chi connectivity index (χ3v) is 2.74. The Morgan fingerprint density at radius 3 is 2.12 bits per heavy atom. The predicted octanol–water partition coefficient (Wildman–Crippen LogP) is 1.30. The van der Waals surface area contributed by atoms with Gasteiger partial charge in [0.1, 0.15) is 0 Å². The van der Waals surface area contributed by atoms with E-state index in [2.05, 4.69) is 10.1 Å². The molecule has 0 bridgehead atoms. The number of rotatable bonds is 3. The lowest BCUT2D eigenvalue weighted by atomic mass is 9.92. The van der Waals surface area contributed by atoms with Crippen molar-refractivity contribution in [2.75, 3.05) is 20.2 Å². The van der Waals surface area contributed by atoms with Crippen molar-refractivity contribution >= 4 is 24.2 Å². The number of hydrogen-bond donors (Lipinski definition) is 1. The van der Waals surface area contributed by atoms with E-state index in [9.17, 15) is 9.59 Å². The molecule has 0 aliphatic carbocycles. The van der Waals surface area contributed by atoms with Gasteiger partial charge in [0.15, 0.2) is 5.78 Å². The lowest BCUT2D eigenvalue weighted by Gasteiger charge is -2.25. The Morgan fingerprint density at radius 2 is 1.71 bits per heavy atom. The van der Waals surface area contributed by atoms with Crippen molar-refractivity contribution < 1.29 is 14.3 Å². The first-order valence-electron chi connectivity index (χ1n) is 5.15. The first kappa shape index (κ1) is 13.7. The number of ether oxygens (including phenoxy) is 1. The number of Topliss-reactive ketones (excluding diaryl/α,β-unsaturated/α-hetero) is 1. The molecule has 1 aliphatic heterocycles. The Labute approximate surface area is 106 Å². The smallest absolute Gasteiger partial charge is 0.337 e. The van der Waals surface area contributed by atoms with E-state index in [4.69, 9.17) is 0 Å². The van der Waals surface area contributed by atoms with Gasteiger partial charge in [0.05, 0.1) is 12.7 Å². The van der Waals surface area contributed by atoms with Crippen LogP contribution in [0.15, 0.2) is 24.3 Å². The minimum atomic E-state index is -0.385. The minimum Gasteiger partial charge on any atom is -0.465 e. The number of esters is 1. The van der Waals surface area contributed by atoms with Crippen LogP contribution in [0.4, 0.5) is 0 Å². The molecule has 1 heterocycles. The van der Waals surface area contributed by atoms with Gasteiger partial charge >= 0.3 is 5.97 Å². The zero-order valence-electron chi connectivity index (χ0n) is 9.43. The summed E-state index contributed by atoms with van der Waals surface area (Å²) < 4.78 is 4.58. The fraction of sp³-hybridized carbons (Fsp3) is 0.333. The van der Waals surface area contributed by atoms with Gasteiger partial charge in [-0.15, -0.1) is 12.4 Å². The van der Waals surface area contributed by atoms with Crippen molar-refractivity contribution in [3.05, 3.63) is 35.4 Å². The Morgan fingerprint density at radius 1 is 1.18 bits per heavy atom. The highest BCUT2D eigenvalue weighted by Gasteiger charge is 2.25. The zero-order chi connectivity index (χ0) is 11.5. The SMILES string of the molecule is COC(=O)c1ccc(C(=O)C2CNC2)cc1.Cl. The summed E-state index contributed by atoms with van der Waals surface area (Å²) in [5.41, 5.74) is 1.12. The van der Waals surface area contributed by atoms with Crippen molar-refractivity contribution in [2.24, 2.45) is 5.92 Å². The average Bonchev–Trinajstić information content (AvgIpc) is 2.26. The molecule has 2 rings (SSSR count). The van der Waals surface area contributed by atoms with Crippen molar-refractivity contribution in [1.82, 2.24) is 5.32 Å². The molecule has 5 heteroatoms. The molecular formula is C12H14ClNO3. The summed E-state index contributed by atoms with van der Waals surface area (Å²) in [6, 6.07) is 6.58. The summed E-state index contributed by atoms with van der Waals surface area (Å²) in [6.45, 7) is 1.50. The van der Waals surface area contributed by atoms with Gasteiger partial charge in [0.25, 0.3) is 0 Å². The number of hydrogen-bond acceptors (Lipinski definition) is 4. The molecule has 0 amide bonds. The number of carbonyl (C=O) groups excluding carboxylic acids is 2. The van der Waals surface area contributed by atoms with E-state index in [0.717, 1.165) is 13.1 Å². The van der Waals surface area contributed by atoms with E-state index in [0.29, 0.717) is 11.1 Å². The Kier molecular flexibility index (Phi) is 4.66. The number of carbonyl (C=O) groups is 2.